The normalized spacial score (nSPS) is 43.1. The molecule has 4 saturated heterocycles. The third-order valence-corrected chi connectivity index (χ3v) is 5.39. The summed E-state index contributed by atoms with van der Waals surface area (Å²) in [5.74, 6) is -1.54. The van der Waals surface area contributed by atoms with Crippen LogP contribution in [0.25, 0.3) is 5.01 Å². The first kappa shape index (κ1) is 21.9. The Morgan fingerprint density at radius 2 is 1.50 bits per heavy atom. The molecule has 0 saturated carbocycles. The standard InChI is InChI=1S/C20H29NO9/c1-6-9-23-14-12(26-18-16(14)28-20(4,5)30-18)10-24-13-11(7-8-21-22)25-17-15(13)27-19(2,3)29-17/h6,11-18H,1,7,9-10H2,2-5H3/t11-,12-,13+,14+,15-,16-,17-,18-/m1/s1. The highest BCUT2D eigenvalue weighted by Gasteiger charge is 2.58. The van der Waals surface area contributed by atoms with Gasteiger partial charge < -0.3 is 43.1 Å². The summed E-state index contributed by atoms with van der Waals surface area (Å²) in [6.07, 6.45) is -1.90. The molecule has 4 rings (SSSR count). The van der Waals surface area contributed by atoms with E-state index in [9.17, 15) is 5.21 Å². The largest absolute Gasteiger partial charge is 0.498 e. The monoisotopic (exact) mass is 427 g/mol. The molecule has 10 nitrogen and oxygen atoms in total. The predicted molar refractivity (Wildman–Crippen MR) is 102 cm³/mol. The van der Waals surface area contributed by atoms with Crippen LogP contribution >= 0.6 is 0 Å². The van der Waals surface area contributed by atoms with Crippen molar-refractivity contribution in [1.29, 1.82) is 0 Å². The average molecular weight is 427 g/mol. The third-order valence-electron chi connectivity index (χ3n) is 5.39. The molecule has 0 unspecified atom stereocenters. The predicted octanol–water partition coefficient (Wildman–Crippen LogP) is 1.92. The molecule has 30 heavy (non-hydrogen) atoms. The number of ether oxygens (including phenoxy) is 8. The van der Waals surface area contributed by atoms with Crippen molar-refractivity contribution in [3.05, 3.63) is 22.9 Å². The minimum Gasteiger partial charge on any atom is -0.498 e. The Balaban J connectivity index is 1.43. The third kappa shape index (κ3) is 4.35. The Labute approximate surface area is 175 Å². The molecule has 0 aromatic heterocycles. The van der Waals surface area contributed by atoms with Crippen LogP contribution in [0, 0.1) is 11.3 Å². The van der Waals surface area contributed by atoms with Crippen molar-refractivity contribution in [3.63, 3.8) is 0 Å². The number of fused-ring (bicyclic) bond motifs is 2. The molecular formula is C20H29NO9. The smallest absolute Gasteiger partial charge is 0.301 e. The Hall–Kier alpha value is -1.29. The quantitative estimate of drug-likeness (QED) is 0.445. The molecule has 168 valence electrons. The van der Waals surface area contributed by atoms with Crippen LogP contribution in [0.3, 0.4) is 0 Å². The van der Waals surface area contributed by atoms with E-state index < -0.39 is 54.7 Å². The van der Waals surface area contributed by atoms with Crippen LogP contribution in [0.4, 0.5) is 0 Å². The zero-order valence-electron chi connectivity index (χ0n) is 17.6. The van der Waals surface area contributed by atoms with Crippen molar-refractivity contribution in [2.45, 2.75) is 94.9 Å². The second-order valence-electron chi connectivity index (χ2n) is 8.62. The number of nitrogens with zero attached hydrogens (tertiary/aromatic N) is 1. The van der Waals surface area contributed by atoms with Gasteiger partial charge in [-0.15, -0.1) is 6.58 Å². The summed E-state index contributed by atoms with van der Waals surface area (Å²) in [7, 11) is 0. The highest BCUT2D eigenvalue weighted by Crippen LogP contribution is 2.41. The van der Waals surface area contributed by atoms with E-state index in [1.807, 2.05) is 27.7 Å². The average Bonchev–Trinajstić information content (AvgIpc) is 3.32. The lowest BCUT2D eigenvalue weighted by Crippen LogP contribution is -2.42. The van der Waals surface area contributed by atoms with Gasteiger partial charge in [-0.1, -0.05) is 6.08 Å². The zero-order chi connectivity index (χ0) is 21.5. The lowest BCUT2D eigenvalue weighted by molar-refractivity contribution is -0.233. The fourth-order valence-electron chi connectivity index (χ4n) is 4.31. The van der Waals surface area contributed by atoms with Gasteiger partial charge in [-0.25, -0.2) is 0 Å². The van der Waals surface area contributed by atoms with E-state index in [1.54, 1.807) is 6.08 Å². The number of hydrogen-bond acceptors (Lipinski definition) is 9. The molecule has 4 aliphatic heterocycles. The second-order valence-corrected chi connectivity index (χ2v) is 8.62. The molecule has 0 N–H and O–H groups in total. The lowest BCUT2D eigenvalue weighted by Gasteiger charge is -2.28. The van der Waals surface area contributed by atoms with Crippen LogP contribution in [0.15, 0.2) is 12.7 Å². The second kappa shape index (κ2) is 8.33. The minimum atomic E-state index is -0.790. The maximum absolute atomic E-state index is 10.5. The topological polar surface area (TPSA) is 101 Å². The van der Waals surface area contributed by atoms with Crippen LogP contribution < -0.4 is 0 Å². The molecule has 8 atom stereocenters. The molecule has 0 aliphatic carbocycles. The van der Waals surface area contributed by atoms with Crippen molar-refractivity contribution < 1.29 is 37.9 Å². The maximum Gasteiger partial charge on any atom is 0.301 e. The first-order valence-corrected chi connectivity index (χ1v) is 10.1. The van der Waals surface area contributed by atoms with Crippen LogP contribution in [0.1, 0.15) is 34.1 Å². The van der Waals surface area contributed by atoms with Crippen molar-refractivity contribution in [2.24, 2.45) is 0 Å². The van der Waals surface area contributed by atoms with Crippen molar-refractivity contribution in [2.75, 3.05) is 13.2 Å². The van der Waals surface area contributed by atoms with Gasteiger partial charge in [0, 0.05) is 5.01 Å². The SMILES string of the molecule is C=CCO[C@@H]1[C@H]2OC(C)(C)O[C@H]2O[C@@H]1CO[C@@H]1[C@H]2OC(C)(C)O[C@H]2O[C@@H]1CC#[N+][O-]. The summed E-state index contributed by atoms with van der Waals surface area (Å²) < 4.78 is 47.5. The van der Waals surface area contributed by atoms with Gasteiger partial charge in [0.25, 0.3) is 0 Å². The number of rotatable bonds is 7. The number of hydrogen-bond donors (Lipinski definition) is 0. The Kier molecular flexibility index (Phi) is 6.09. The van der Waals surface area contributed by atoms with E-state index in [2.05, 4.69) is 17.7 Å². The first-order valence-electron chi connectivity index (χ1n) is 10.1. The van der Waals surface area contributed by atoms with Gasteiger partial charge in [0.15, 0.2) is 24.2 Å². The van der Waals surface area contributed by atoms with E-state index in [-0.39, 0.29) is 19.1 Å². The summed E-state index contributed by atoms with van der Waals surface area (Å²) >= 11 is 0. The molecule has 4 fully saturated rings. The molecule has 0 bridgehead atoms. The first-order chi connectivity index (χ1) is 14.2. The molecule has 0 aromatic rings. The Morgan fingerprint density at radius 3 is 2.07 bits per heavy atom. The van der Waals surface area contributed by atoms with E-state index in [1.165, 1.54) is 0 Å². The lowest BCUT2D eigenvalue weighted by atomic mass is 10.1. The fraction of sp³-hybridized carbons (Fsp3) is 0.850. The Bertz CT molecular complexity index is 702. The van der Waals surface area contributed by atoms with E-state index in [0.717, 1.165) is 0 Å². The van der Waals surface area contributed by atoms with Crippen LogP contribution in [0.5, 0.6) is 0 Å². The van der Waals surface area contributed by atoms with Gasteiger partial charge in [-0.05, 0) is 27.7 Å². The maximum atomic E-state index is 10.5. The molecule has 4 aliphatic rings. The highest BCUT2D eigenvalue weighted by molar-refractivity contribution is 5.01. The summed E-state index contributed by atoms with van der Waals surface area (Å²) in [5.41, 5.74) is 0. The molecule has 4 heterocycles. The van der Waals surface area contributed by atoms with Gasteiger partial charge in [-0.2, -0.15) is 0 Å². The minimum absolute atomic E-state index is 0.169. The zero-order valence-corrected chi connectivity index (χ0v) is 17.6. The molecule has 0 aromatic carbocycles. The highest BCUT2D eigenvalue weighted by atomic mass is 16.9. The molecule has 0 radical (unpaired) electrons. The van der Waals surface area contributed by atoms with E-state index in [4.69, 9.17) is 37.9 Å². The fourth-order valence-corrected chi connectivity index (χ4v) is 4.31. The van der Waals surface area contributed by atoms with Gasteiger partial charge in [0.1, 0.15) is 43.0 Å². The molecule has 0 amide bonds. The van der Waals surface area contributed by atoms with Crippen LogP contribution in [-0.2, 0) is 37.9 Å². The van der Waals surface area contributed by atoms with Gasteiger partial charge >= 0.3 is 6.07 Å². The van der Waals surface area contributed by atoms with E-state index >= 15 is 0 Å². The van der Waals surface area contributed by atoms with Crippen molar-refractivity contribution >= 4 is 0 Å². The summed E-state index contributed by atoms with van der Waals surface area (Å²) in [6, 6.07) is 2.38. The van der Waals surface area contributed by atoms with Crippen LogP contribution in [0.2, 0.25) is 0 Å². The molecule has 0 spiro atoms. The molecular weight excluding hydrogens is 398 g/mol. The van der Waals surface area contributed by atoms with Gasteiger partial charge in [-0.3, -0.25) is 0 Å². The summed E-state index contributed by atoms with van der Waals surface area (Å²) in [4.78, 5) is 0. The van der Waals surface area contributed by atoms with E-state index in [0.29, 0.717) is 6.61 Å². The van der Waals surface area contributed by atoms with Crippen LogP contribution in [-0.4, -0.2) is 74.0 Å². The summed E-state index contributed by atoms with van der Waals surface area (Å²) in [5, 5.41) is 13.2. The van der Waals surface area contributed by atoms with Gasteiger partial charge in [0.05, 0.1) is 13.2 Å². The summed E-state index contributed by atoms with van der Waals surface area (Å²) in [6.45, 7) is 11.5. The Morgan fingerprint density at radius 1 is 0.933 bits per heavy atom. The van der Waals surface area contributed by atoms with Crippen molar-refractivity contribution in [1.82, 2.24) is 0 Å². The molecule has 10 heteroatoms. The van der Waals surface area contributed by atoms with Gasteiger partial charge in [0.2, 0.25) is 0 Å². The van der Waals surface area contributed by atoms with Crippen molar-refractivity contribution in [3.8, 4) is 6.07 Å².